The van der Waals surface area contributed by atoms with Gasteiger partial charge in [-0.3, -0.25) is 0 Å². The van der Waals surface area contributed by atoms with Crippen LogP contribution in [0.3, 0.4) is 0 Å². The number of terminal acetylenes is 1. The van der Waals surface area contributed by atoms with E-state index in [4.69, 9.17) is 6.42 Å². The zero-order chi connectivity index (χ0) is 11.9. The molecule has 0 saturated carbocycles. The summed E-state index contributed by atoms with van der Waals surface area (Å²) in [7, 11) is -3.52. The quantitative estimate of drug-likeness (QED) is 0.486. The monoisotopic (exact) mass is 233 g/mol. The Bertz CT molecular complexity index is 530. The van der Waals surface area contributed by atoms with E-state index in [1.165, 1.54) is 12.1 Å². The highest BCUT2D eigenvalue weighted by Gasteiger charge is 2.09. The molecule has 0 atom stereocenters. The van der Waals surface area contributed by atoms with Crippen LogP contribution >= 0.6 is 0 Å². The van der Waals surface area contributed by atoms with Crippen molar-refractivity contribution in [3.8, 4) is 24.3 Å². The van der Waals surface area contributed by atoms with Gasteiger partial charge in [0.25, 0.3) is 10.0 Å². The van der Waals surface area contributed by atoms with Crippen molar-refractivity contribution in [1.82, 2.24) is 4.72 Å². The first-order valence-electron chi connectivity index (χ1n) is 4.65. The Morgan fingerprint density at radius 3 is 2.50 bits per heavy atom. The van der Waals surface area contributed by atoms with Gasteiger partial charge in [-0.2, -0.15) is 0 Å². The molecule has 0 bridgehead atoms. The van der Waals surface area contributed by atoms with Gasteiger partial charge in [-0.25, -0.2) is 13.1 Å². The van der Waals surface area contributed by atoms with Crippen LogP contribution in [0.1, 0.15) is 12.8 Å². The average Bonchev–Trinajstić information content (AvgIpc) is 2.30. The van der Waals surface area contributed by atoms with E-state index in [1.807, 2.05) is 0 Å². The van der Waals surface area contributed by atoms with E-state index in [-0.39, 0.29) is 4.90 Å². The Hall–Kier alpha value is -1.91. The standard InChI is InChI=1S/C12H11NO2S/c1-2-3-4-8-11-13-16(14,15)12-9-6-5-7-10-12/h1,5-7,9-10,13H,3-4H2. The second-order valence-electron chi connectivity index (χ2n) is 2.92. The molecule has 0 amide bonds. The lowest BCUT2D eigenvalue weighted by Gasteiger charge is -2.00. The van der Waals surface area contributed by atoms with Gasteiger partial charge in [0.2, 0.25) is 0 Å². The smallest absolute Gasteiger partial charge is 0.238 e. The number of hydrogen-bond acceptors (Lipinski definition) is 2. The third kappa shape index (κ3) is 3.68. The molecule has 1 rings (SSSR count). The molecule has 0 heterocycles. The topological polar surface area (TPSA) is 46.2 Å². The third-order valence-corrected chi connectivity index (χ3v) is 2.99. The van der Waals surface area contributed by atoms with Gasteiger partial charge in [0.15, 0.2) is 0 Å². The van der Waals surface area contributed by atoms with Crippen LogP contribution in [0.5, 0.6) is 0 Å². The third-order valence-electron chi connectivity index (χ3n) is 1.72. The highest BCUT2D eigenvalue weighted by atomic mass is 32.2. The molecule has 0 aromatic heterocycles. The predicted molar refractivity (Wildman–Crippen MR) is 62.6 cm³/mol. The van der Waals surface area contributed by atoms with Crippen LogP contribution in [0, 0.1) is 24.3 Å². The number of benzene rings is 1. The molecule has 0 spiro atoms. The summed E-state index contributed by atoms with van der Waals surface area (Å²) in [5, 5.41) is 0. The van der Waals surface area contributed by atoms with E-state index in [1.54, 1.807) is 18.2 Å². The van der Waals surface area contributed by atoms with Crippen molar-refractivity contribution in [2.24, 2.45) is 0 Å². The lowest BCUT2D eigenvalue weighted by atomic mass is 10.3. The number of rotatable bonds is 3. The van der Waals surface area contributed by atoms with Gasteiger partial charge in [0.1, 0.15) is 0 Å². The summed E-state index contributed by atoms with van der Waals surface area (Å²) in [5.41, 5.74) is 0. The Kier molecular flexibility index (Phi) is 4.44. The molecule has 1 N–H and O–H groups in total. The molecular formula is C12H11NO2S. The fraction of sp³-hybridized carbons (Fsp3) is 0.167. The van der Waals surface area contributed by atoms with Crippen LogP contribution < -0.4 is 4.72 Å². The van der Waals surface area contributed by atoms with Gasteiger partial charge in [-0.1, -0.05) is 24.1 Å². The predicted octanol–water partition coefficient (Wildman–Crippen LogP) is 1.34. The lowest BCUT2D eigenvalue weighted by Crippen LogP contribution is -2.18. The van der Waals surface area contributed by atoms with Gasteiger partial charge >= 0.3 is 0 Å². The zero-order valence-corrected chi connectivity index (χ0v) is 9.42. The summed E-state index contributed by atoms with van der Waals surface area (Å²) in [5.74, 6) is 5.05. The molecule has 1 aromatic rings. The van der Waals surface area contributed by atoms with Crippen molar-refractivity contribution < 1.29 is 8.42 Å². The van der Waals surface area contributed by atoms with Gasteiger partial charge in [0, 0.05) is 18.9 Å². The number of unbranched alkanes of at least 4 members (excludes halogenated alkanes) is 1. The van der Waals surface area contributed by atoms with Crippen molar-refractivity contribution in [2.75, 3.05) is 0 Å². The normalized spacial score (nSPS) is 9.69. The summed E-state index contributed by atoms with van der Waals surface area (Å²) in [6, 6.07) is 10.4. The van der Waals surface area contributed by atoms with E-state index in [0.29, 0.717) is 12.8 Å². The SMILES string of the molecule is C#CCCC#CNS(=O)(=O)c1ccccc1. The van der Waals surface area contributed by atoms with E-state index in [0.717, 1.165) is 0 Å². The first kappa shape index (κ1) is 12.2. The molecule has 0 aliphatic carbocycles. The van der Waals surface area contributed by atoms with Crippen LogP contribution in [0.2, 0.25) is 0 Å². The molecule has 3 nitrogen and oxygen atoms in total. The van der Waals surface area contributed by atoms with Crippen molar-refractivity contribution in [2.45, 2.75) is 17.7 Å². The molecule has 4 heteroatoms. The molecule has 0 saturated heterocycles. The summed E-state index contributed by atoms with van der Waals surface area (Å²) in [4.78, 5) is 0.196. The van der Waals surface area contributed by atoms with Crippen LogP contribution in [-0.4, -0.2) is 8.42 Å². The molecule has 0 radical (unpaired) electrons. The number of sulfonamides is 1. The lowest BCUT2D eigenvalue weighted by molar-refractivity contribution is 0.591. The van der Waals surface area contributed by atoms with Crippen molar-refractivity contribution >= 4 is 10.0 Å². The van der Waals surface area contributed by atoms with Gasteiger partial charge in [-0.05, 0) is 12.1 Å². The highest BCUT2D eigenvalue weighted by molar-refractivity contribution is 7.89. The minimum absolute atomic E-state index is 0.196. The van der Waals surface area contributed by atoms with E-state index in [2.05, 4.69) is 22.6 Å². The summed E-state index contributed by atoms with van der Waals surface area (Å²) in [6.45, 7) is 0. The largest absolute Gasteiger partial charge is 0.268 e. The Balaban J connectivity index is 2.67. The molecule has 0 fully saturated rings. The van der Waals surface area contributed by atoms with Gasteiger partial charge in [-0.15, -0.1) is 12.3 Å². The first-order valence-corrected chi connectivity index (χ1v) is 6.13. The molecule has 0 aliphatic heterocycles. The van der Waals surface area contributed by atoms with Crippen LogP contribution in [0.15, 0.2) is 35.2 Å². The van der Waals surface area contributed by atoms with Crippen LogP contribution in [-0.2, 0) is 10.0 Å². The number of hydrogen-bond donors (Lipinski definition) is 1. The molecule has 0 unspecified atom stereocenters. The molecule has 82 valence electrons. The molecule has 0 aliphatic rings. The van der Waals surface area contributed by atoms with Crippen molar-refractivity contribution in [3.05, 3.63) is 30.3 Å². The van der Waals surface area contributed by atoms with E-state index >= 15 is 0 Å². The van der Waals surface area contributed by atoms with Gasteiger partial charge < -0.3 is 0 Å². The second-order valence-corrected chi connectivity index (χ2v) is 4.61. The second kappa shape index (κ2) is 5.85. The van der Waals surface area contributed by atoms with Crippen molar-refractivity contribution in [1.29, 1.82) is 0 Å². The summed E-state index contributed by atoms with van der Waals surface area (Å²) in [6.07, 6.45) is 6.03. The van der Waals surface area contributed by atoms with E-state index < -0.39 is 10.0 Å². The fourth-order valence-corrected chi connectivity index (χ4v) is 1.80. The van der Waals surface area contributed by atoms with E-state index in [9.17, 15) is 8.42 Å². The summed E-state index contributed by atoms with van der Waals surface area (Å²) < 4.78 is 25.4. The Labute approximate surface area is 95.9 Å². The molecular weight excluding hydrogens is 222 g/mol. The fourth-order valence-electron chi connectivity index (χ4n) is 0.959. The maximum atomic E-state index is 11.6. The number of nitrogens with one attached hydrogen (secondary N) is 1. The van der Waals surface area contributed by atoms with Crippen molar-refractivity contribution in [3.63, 3.8) is 0 Å². The zero-order valence-electron chi connectivity index (χ0n) is 8.60. The van der Waals surface area contributed by atoms with Crippen LogP contribution in [0.4, 0.5) is 0 Å². The Morgan fingerprint density at radius 1 is 1.19 bits per heavy atom. The summed E-state index contributed by atoms with van der Waals surface area (Å²) >= 11 is 0. The van der Waals surface area contributed by atoms with Crippen LogP contribution in [0.25, 0.3) is 0 Å². The minimum Gasteiger partial charge on any atom is -0.238 e. The maximum Gasteiger partial charge on any atom is 0.268 e. The van der Waals surface area contributed by atoms with Gasteiger partial charge in [0.05, 0.1) is 4.90 Å². The minimum atomic E-state index is -3.52. The average molecular weight is 233 g/mol. The molecule has 16 heavy (non-hydrogen) atoms. The first-order chi connectivity index (χ1) is 7.67. The molecule has 1 aromatic carbocycles. The Morgan fingerprint density at radius 2 is 1.88 bits per heavy atom. The highest BCUT2D eigenvalue weighted by Crippen LogP contribution is 2.05. The maximum absolute atomic E-state index is 11.6.